The summed E-state index contributed by atoms with van der Waals surface area (Å²) in [6.07, 6.45) is 11.1. The molecule has 9 heteroatoms. The van der Waals surface area contributed by atoms with E-state index in [2.05, 4.69) is 25.9 Å². The first-order valence-electron chi connectivity index (χ1n) is 14.3. The van der Waals surface area contributed by atoms with Crippen LogP contribution in [0.2, 0.25) is 5.02 Å². The zero-order chi connectivity index (χ0) is 25.8. The summed E-state index contributed by atoms with van der Waals surface area (Å²) in [5, 5.41) is 11.6. The zero-order valence-electron chi connectivity index (χ0n) is 22.1. The van der Waals surface area contributed by atoms with Gasteiger partial charge in [-0.1, -0.05) is 17.7 Å². The number of halogens is 1. The minimum absolute atomic E-state index is 0.0974. The van der Waals surface area contributed by atoms with Crippen LogP contribution in [0.5, 0.6) is 0 Å². The third kappa shape index (κ3) is 6.30. The number of rotatable bonds is 10. The van der Waals surface area contributed by atoms with E-state index in [9.17, 15) is 0 Å². The van der Waals surface area contributed by atoms with Crippen LogP contribution in [0.25, 0.3) is 11.3 Å². The average molecular weight is 539 g/mol. The van der Waals surface area contributed by atoms with Crippen molar-refractivity contribution in [1.29, 1.82) is 0 Å². The molecule has 2 saturated heterocycles. The molecule has 0 amide bonds. The molecule has 1 aliphatic carbocycles. The predicted molar refractivity (Wildman–Crippen MR) is 152 cm³/mol. The molecule has 0 radical (unpaired) electrons. The molecule has 1 atom stereocenters. The molecule has 38 heavy (non-hydrogen) atoms. The first kappa shape index (κ1) is 26.0. The maximum atomic E-state index is 6.61. The fraction of sp³-hybridized carbons (Fsp3) is 0.621. The first-order chi connectivity index (χ1) is 18.7. The van der Waals surface area contributed by atoms with Gasteiger partial charge in [0.2, 0.25) is 0 Å². The molecule has 3 fully saturated rings. The molecule has 2 aromatic heterocycles. The van der Waals surface area contributed by atoms with E-state index < -0.39 is 0 Å². The van der Waals surface area contributed by atoms with E-state index in [0.29, 0.717) is 23.2 Å². The van der Waals surface area contributed by atoms with Crippen molar-refractivity contribution in [3.8, 4) is 11.3 Å². The molecule has 3 aliphatic heterocycles. The van der Waals surface area contributed by atoms with Crippen molar-refractivity contribution >= 4 is 28.9 Å². The molecule has 4 aliphatic rings. The topological polar surface area (TPSA) is 92.7 Å². The normalized spacial score (nSPS) is 26.6. The Bertz CT molecular complexity index is 1120. The van der Waals surface area contributed by atoms with Crippen molar-refractivity contribution in [3.05, 3.63) is 35.5 Å². The highest BCUT2D eigenvalue weighted by molar-refractivity contribution is 6.33. The highest BCUT2D eigenvalue weighted by atomic mass is 35.5. The van der Waals surface area contributed by atoms with Gasteiger partial charge < -0.3 is 25.4 Å². The minimum atomic E-state index is 0.0974. The Hall–Kier alpha value is -2.26. The van der Waals surface area contributed by atoms with Crippen molar-refractivity contribution in [3.63, 3.8) is 0 Å². The lowest BCUT2D eigenvalue weighted by atomic mass is 9.77. The van der Waals surface area contributed by atoms with E-state index in [4.69, 9.17) is 26.1 Å². The quantitative estimate of drug-likeness (QED) is 0.394. The van der Waals surface area contributed by atoms with E-state index in [1.54, 1.807) is 6.20 Å². The average Bonchev–Trinajstić information content (AvgIpc) is 3.70. The second-order valence-corrected chi connectivity index (χ2v) is 11.6. The molecule has 0 aromatic carbocycles. The van der Waals surface area contributed by atoms with Crippen LogP contribution in [-0.2, 0) is 9.47 Å². The summed E-state index contributed by atoms with van der Waals surface area (Å²) in [7, 11) is 0. The van der Waals surface area contributed by atoms with Crippen LogP contribution in [-0.4, -0.2) is 73.3 Å². The number of hydrogen-bond acceptors (Lipinski definition) is 8. The van der Waals surface area contributed by atoms with Gasteiger partial charge in [-0.15, -0.1) is 0 Å². The Morgan fingerprint density at radius 3 is 2.58 bits per heavy atom. The van der Waals surface area contributed by atoms with Gasteiger partial charge in [0.25, 0.3) is 0 Å². The largest absolute Gasteiger partial charge is 0.381 e. The standard InChI is InChI=1S/C29H39ClN6O2/c30-24-17-33-28(35-21-8-6-20(7-9-21)31-16-22-3-2-12-38-22)15-23(24)25-4-1-5-27(36-25)34-19-29(26-18-32-26)10-13-37-14-11-29/h1,4-5,15,17,20-22,31H,2-3,6-14,16,18-19H2,(H,33,35)(H,34,36). The van der Waals surface area contributed by atoms with Crippen LogP contribution in [0.3, 0.4) is 0 Å². The van der Waals surface area contributed by atoms with Crippen molar-refractivity contribution < 1.29 is 9.47 Å². The number of aromatic nitrogens is 2. The summed E-state index contributed by atoms with van der Waals surface area (Å²) in [6, 6.07) is 9.10. The first-order valence-corrected chi connectivity index (χ1v) is 14.6. The number of nitrogens with zero attached hydrogens (tertiary/aromatic N) is 3. The van der Waals surface area contributed by atoms with Crippen LogP contribution in [0.15, 0.2) is 35.5 Å². The van der Waals surface area contributed by atoms with Crippen LogP contribution in [0.4, 0.5) is 11.6 Å². The van der Waals surface area contributed by atoms with Gasteiger partial charge in [-0.3, -0.25) is 4.99 Å². The van der Waals surface area contributed by atoms with Gasteiger partial charge in [0.15, 0.2) is 0 Å². The fourth-order valence-electron chi connectivity index (χ4n) is 6.12. The van der Waals surface area contributed by atoms with Crippen LogP contribution in [0.1, 0.15) is 51.4 Å². The SMILES string of the molecule is Clc1cnc(NC2CCC(NCC3CCCO3)CC2)cc1-c1cccc(NCC2(C3=NC3)CCOCC2)n1. The van der Waals surface area contributed by atoms with E-state index >= 15 is 0 Å². The summed E-state index contributed by atoms with van der Waals surface area (Å²) < 4.78 is 11.4. The van der Waals surface area contributed by atoms with Gasteiger partial charge in [0, 0.05) is 67.9 Å². The summed E-state index contributed by atoms with van der Waals surface area (Å²) in [6.45, 7) is 5.21. The molecule has 5 heterocycles. The third-order valence-corrected chi connectivity index (χ3v) is 8.91. The summed E-state index contributed by atoms with van der Waals surface area (Å²) in [5.41, 5.74) is 3.16. The molecule has 0 bridgehead atoms. The van der Waals surface area contributed by atoms with Gasteiger partial charge in [-0.2, -0.15) is 0 Å². The Morgan fingerprint density at radius 2 is 1.82 bits per heavy atom. The zero-order valence-corrected chi connectivity index (χ0v) is 22.8. The third-order valence-electron chi connectivity index (χ3n) is 8.60. The molecule has 0 spiro atoms. The Balaban J connectivity index is 1.05. The number of ether oxygens (including phenoxy) is 2. The molecule has 1 unspecified atom stereocenters. The van der Waals surface area contributed by atoms with Gasteiger partial charge in [0.05, 0.1) is 23.4 Å². The van der Waals surface area contributed by atoms with Crippen LogP contribution >= 0.6 is 11.6 Å². The molecular weight excluding hydrogens is 500 g/mol. The Labute approximate surface area is 230 Å². The Kier molecular flexibility index (Phi) is 8.11. The molecule has 1 saturated carbocycles. The highest BCUT2D eigenvalue weighted by Gasteiger charge is 2.41. The van der Waals surface area contributed by atoms with Crippen molar-refractivity contribution in [2.75, 3.05) is 50.1 Å². The lowest BCUT2D eigenvalue weighted by molar-refractivity contribution is 0.0511. The van der Waals surface area contributed by atoms with Gasteiger partial charge in [-0.25, -0.2) is 9.97 Å². The second-order valence-electron chi connectivity index (χ2n) is 11.2. The minimum Gasteiger partial charge on any atom is -0.381 e. The smallest absolute Gasteiger partial charge is 0.126 e. The van der Waals surface area contributed by atoms with Gasteiger partial charge >= 0.3 is 0 Å². The van der Waals surface area contributed by atoms with Gasteiger partial charge in [-0.05, 0) is 69.6 Å². The molecular formula is C29H39ClN6O2. The van der Waals surface area contributed by atoms with Crippen LogP contribution < -0.4 is 16.0 Å². The lowest BCUT2D eigenvalue weighted by Crippen LogP contribution is -2.40. The maximum Gasteiger partial charge on any atom is 0.126 e. The number of pyridine rings is 2. The van der Waals surface area contributed by atoms with Gasteiger partial charge in [0.1, 0.15) is 11.6 Å². The van der Waals surface area contributed by atoms with Crippen molar-refractivity contribution in [2.24, 2.45) is 10.4 Å². The van der Waals surface area contributed by atoms with Crippen molar-refractivity contribution in [2.45, 2.75) is 69.6 Å². The van der Waals surface area contributed by atoms with E-state index in [-0.39, 0.29) is 5.41 Å². The number of anilines is 2. The van der Waals surface area contributed by atoms with E-state index in [0.717, 1.165) is 88.0 Å². The molecule has 6 rings (SSSR count). The fourth-order valence-corrected chi connectivity index (χ4v) is 6.32. The molecule has 204 valence electrons. The number of hydrogen-bond donors (Lipinski definition) is 3. The monoisotopic (exact) mass is 538 g/mol. The Morgan fingerprint density at radius 1 is 1.00 bits per heavy atom. The summed E-state index contributed by atoms with van der Waals surface area (Å²) >= 11 is 6.61. The molecule has 2 aromatic rings. The van der Waals surface area contributed by atoms with E-state index in [1.807, 2.05) is 24.3 Å². The summed E-state index contributed by atoms with van der Waals surface area (Å²) in [4.78, 5) is 14.0. The predicted octanol–water partition coefficient (Wildman–Crippen LogP) is 4.95. The maximum absolute atomic E-state index is 6.61. The molecule has 8 nitrogen and oxygen atoms in total. The highest BCUT2D eigenvalue weighted by Crippen LogP contribution is 2.37. The molecule has 3 N–H and O–H groups in total. The van der Waals surface area contributed by atoms with Crippen molar-refractivity contribution in [1.82, 2.24) is 15.3 Å². The number of nitrogens with one attached hydrogen (secondary N) is 3. The second kappa shape index (κ2) is 11.9. The number of aliphatic imine (C=N–C) groups is 1. The lowest BCUT2D eigenvalue weighted by Gasteiger charge is -2.34. The van der Waals surface area contributed by atoms with E-state index in [1.165, 1.54) is 31.4 Å². The summed E-state index contributed by atoms with van der Waals surface area (Å²) in [5.74, 6) is 1.71. The van der Waals surface area contributed by atoms with Crippen LogP contribution in [0, 0.1) is 5.41 Å².